The van der Waals surface area contributed by atoms with Crippen LogP contribution in [0.15, 0.2) is 0 Å². The summed E-state index contributed by atoms with van der Waals surface area (Å²) in [4.78, 5) is 24.5. The van der Waals surface area contributed by atoms with Crippen LogP contribution in [-0.2, 0) is 4.79 Å². The van der Waals surface area contributed by atoms with E-state index in [-0.39, 0.29) is 17.9 Å². The number of likely N-dealkylation sites (tertiary alicyclic amines) is 1. The second kappa shape index (κ2) is 5.35. The lowest BCUT2D eigenvalue weighted by Crippen LogP contribution is -2.42. The Morgan fingerprint density at radius 3 is 2.59 bits per heavy atom. The van der Waals surface area contributed by atoms with Crippen LogP contribution in [0.25, 0.3) is 0 Å². The molecular weight excluding hydrogens is 222 g/mol. The van der Waals surface area contributed by atoms with E-state index in [0.717, 1.165) is 32.4 Å². The normalized spacial score (nSPS) is 25.9. The van der Waals surface area contributed by atoms with Gasteiger partial charge in [-0.3, -0.25) is 4.79 Å². The molecule has 1 atom stereocenters. The second-order valence-electron chi connectivity index (χ2n) is 4.74. The third kappa shape index (κ3) is 3.09. The molecule has 0 spiro atoms. The smallest absolute Gasteiger partial charge is 0.404 e. The molecule has 96 valence electrons. The van der Waals surface area contributed by atoms with Crippen LogP contribution in [0.3, 0.4) is 0 Å². The quantitative estimate of drug-likeness (QED) is 0.628. The Kier molecular flexibility index (Phi) is 3.83. The van der Waals surface area contributed by atoms with Crippen molar-refractivity contribution in [2.24, 2.45) is 5.92 Å². The topological polar surface area (TPSA) is 81.7 Å². The van der Waals surface area contributed by atoms with Gasteiger partial charge in [0.05, 0.1) is 6.04 Å². The fraction of sp³-hybridized carbons (Fsp3) is 0.818. The van der Waals surface area contributed by atoms with Gasteiger partial charge in [0.25, 0.3) is 0 Å². The van der Waals surface area contributed by atoms with E-state index in [4.69, 9.17) is 5.11 Å². The number of nitrogens with zero attached hydrogens (tertiary/aromatic N) is 1. The first-order valence-corrected chi connectivity index (χ1v) is 6.16. The number of carboxylic acid groups (broad SMARTS) is 1. The van der Waals surface area contributed by atoms with Crippen molar-refractivity contribution in [3.05, 3.63) is 0 Å². The van der Waals surface area contributed by atoms with Gasteiger partial charge >= 0.3 is 6.09 Å². The molecule has 2 rings (SSSR count). The van der Waals surface area contributed by atoms with E-state index in [0.29, 0.717) is 13.1 Å². The monoisotopic (exact) mass is 241 g/mol. The summed E-state index contributed by atoms with van der Waals surface area (Å²) in [7, 11) is 0. The molecule has 0 radical (unpaired) electrons. The Balaban J connectivity index is 1.82. The number of hydrogen-bond acceptors (Lipinski definition) is 3. The number of carbonyl (C=O) groups excluding carboxylic acids is 1. The molecule has 2 saturated heterocycles. The van der Waals surface area contributed by atoms with Crippen molar-refractivity contribution in [1.29, 1.82) is 0 Å². The SMILES string of the molecule is O=C(O)N[C@H]1CCN(C(=O)C2CCNCC2)C1. The lowest BCUT2D eigenvalue weighted by atomic mass is 9.97. The number of carbonyl (C=O) groups is 2. The minimum Gasteiger partial charge on any atom is -0.465 e. The summed E-state index contributed by atoms with van der Waals surface area (Å²) in [6.45, 7) is 3.00. The molecule has 0 bridgehead atoms. The molecule has 2 aliphatic rings. The van der Waals surface area contributed by atoms with Crippen LogP contribution in [0, 0.1) is 5.92 Å². The van der Waals surface area contributed by atoms with Crippen LogP contribution in [0.4, 0.5) is 4.79 Å². The average Bonchev–Trinajstić information content (AvgIpc) is 2.77. The predicted molar refractivity (Wildman–Crippen MR) is 61.7 cm³/mol. The molecule has 0 aromatic rings. The largest absolute Gasteiger partial charge is 0.465 e. The Morgan fingerprint density at radius 2 is 1.94 bits per heavy atom. The highest BCUT2D eigenvalue weighted by molar-refractivity contribution is 5.79. The van der Waals surface area contributed by atoms with Gasteiger partial charge in [-0.2, -0.15) is 0 Å². The maximum absolute atomic E-state index is 12.2. The molecule has 17 heavy (non-hydrogen) atoms. The highest BCUT2D eigenvalue weighted by Gasteiger charge is 2.31. The zero-order valence-corrected chi connectivity index (χ0v) is 9.82. The van der Waals surface area contributed by atoms with Crippen LogP contribution in [0.5, 0.6) is 0 Å². The van der Waals surface area contributed by atoms with Gasteiger partial charge in [0.15, 0.2) is 0 Å². The molecule has 0 aromatic carbocycles. The van der Waals surface area contributed by atoms with Gasteiger partial charge < -0.3 is 20.6 Å². The maximum Gasteiger partial charge on any atom is 0.404 e. The van der Waals surface area contributed by atoms with Gasteiger partial charge in [-0.15, -0.1) is 0 Å². The third-order valence-electron chi connectivity index (χ3n) is 3.52. The van der Waals surface area contributed by atoms with E-state index in [1.807, 2.05) is 0 Å². The highest BCUT2D eigenvalue weighted by Crippen LogP contribution is 2.19. The first kappa shape index (κ1) is 12.2. The van der Waals surface area contributed by atoms with E-state index < -0.39 is 6.09 Å². The molecular formula is C11H19N3O3. The van der Waals surface area contributed by atoms with E-state index in [1.54, 1.807) is 4.90 Å². The molecule has 0 unspecified atom stereocenters. The van der Waals surface area contributed by atoms with Gasteiger partial charge in [0.1, 0.15) is 0 Å². The van der Waals surface area contributed by atoms with Crippen LogP contribution in [0.2, 0.25) is 0 Å². The molecule has 0 saturated carbocycles. The molecule has 6 nitrogen and oxygen atoms in total. The number of rotatable bonds is 2. The van der Waals surface area contributed by atoms with Crippen molar-refractivity contribution >= 4 is 12.0 Å². The van der Waals surface area contributed by atoms with E-state index in [1.165, 1.54) is 0 Å². The molecule has 0 aromatic heterocycles. The van der Waals surface area contributed by atoms with Crippen molar-refractivity contribution in [3.63, 3.8) is 0 Å². The Labute approximate surface area is 100 Å². The molecule has 0 aliphatic carbocycles. The van der Waals surface area contributed by atoms with Crippen LogP contribution >= 0.6 is 0 Å². The van der Waals surface area contributed by atoms with Crippen molar-refractivity contribution in [2.45, 2.75) is 25.3 Å². The van der Waals surface area contributed by atoms with E-state index in [2.05, 4.69) is 10.6 Å². The van der Waals surface area contributed by atoms with E-state index >= 15 is 0 Å². The summed E-state index contributed by atoms with van der Waals surface area (Å²) in [5.74, 6) is 0.320. The molecule has 2 amide bonds. The summed E-state index contributed by atoms with van der Waals surface area (Å²) in [5, 5.41) is 14.3. The number of hydrogen-bond donors (Lipinski definition) is 3. The Hall–Kier alpha value is -1.30. The summed E-state index contributed by atoms with van der Waals surface area (Å²) in [6.07, 6.45) is 1.51. The van der Waals surface area contributed by atoms with Crippen molar-refractivity contribution in [2.75, 3.05) is 26.2 Å². The lowest BCUT2D eigenvalue weighted by molar-refractivity contribution is -0.135. The van der Waals surface area contributed by atoms with Gasteiger partial charge in [0.2, 0.25) is 5.91 Å². The number of piperidine rings is 1. The first-order chi connectivity index (χ1) is 8.16. The molecule has 2 aliphatic heterocycles. The lowest BCUT2D eigenvalue weighted by Gasteiger charge is -2.26. The summed E-state index contributed by atoms with van der Waals surface area (Å²) in [6, 6.07) is -0.0989. The minimum atomic E-state index is -1.01. The predicted octanol–water partition coefficient (Wildman–Crippen LogP) is -0.145. The van der Waals surface area contributed by atoms with Gasteiger partial charge in [-0.05, 0) is 32.4 Å². The molecule has 2 fully saturated rings. The zero-order valence-electron chi connectivity index (χ0n) is 9.82. The van der Waals surface area contributed by atoms with Gasteiger partial charge in [0, 0.05) is 19.0 Å². The highest BCUT2D eigenvalue weighted by atomic mass is 16.4. The number of amides is 2. The summed E-state index contributed by atoms with van der Waals surface area (Å²) < 4.78 is 0. The van der Waals surface area contributed by atoms with E-state index in [9.17, 15) is 9.59 Å². The summed E-state index contributed by atoms with van der Waals surface area (Å²) >= 11 is 0. The molecule has 3 N–H and O–H groups in total. The van der Waals surface area contributed by atoms with Crippen LogP contribution < -0.4 is 10.6 Å². The average molecular weight is 241 g/mol. The van der Waals surface area contributed by atoms with Gasteiger partial charge in [-0.25, -0.2) is 4.79 Å². The van der Waals surface area contributed by atoms with Crippen molar-refractivity contribution in [1.82, 2.24) is 15.5 Å². The van der Waals surface area contributed by atoms with Crippen molar-refractivity contribution < 1.29 is 14.7 Å². The Morgan fingerprint density at radius 1 is 1.24 bits per heavy atom. The zero-order chi connectivity index (χ0) is 12.3. The Bertz CT molecular complexity index is 302. The standard InChI is InChI=1S/C11H19N3O3/c15-10(8-1-4-12-5-2-8)14-6-3-9(7-14)13-11(16)17/h8-9,12-13H,1-7H2,(H,16,17)/t9-/m0/s1. The summed E-state index contributed by atoms with van der Waals surface area (Å²) in [5.41, 5.74) is 0. The first-order valence-electron chi connectivity index (χ1n) is 6.16. The number of nitrogens with one attached hydrogen (secondary N) is 2. The van der Waals surface area contributed by atoms with Gasteiger partial charge in [-0.1, -0.05) is 0 Å². The minimum absolute atomic E-state index is 0.0989. The molecule has 6 heteroatoms. The fourth-order valence-electron chi connectivity index (χ4n) is 2.58. The third-order valence-corrected chi connectivity index (χ3v) is 3.52. The fourth-order valence-corrected chi connectivity index (χ4v) is 2.58. The maximum atomic E-state index is 12.2. The van der Waals surface area contributed by atoms with Crippen LogP contribution in [0.1, 0.15) is 19.3 Å². The second-order valence-corrected chi connectivity index (χ2v) is 4.74. The van der Waals surface area contributed by atoms with Crippen LogP contribution in [-0.4, -0.2) is 54.2 Å². The van der Waals surface area contributed by atoms with Crippen molar-refractivity contribution in [3.8, 4) is 0 Å². The molecule has 2 heterocycles.